The molecule has 0 atom stereocenters. The van der Waals surface area contributed by atoms with Crippen LogP contribution < -0.4 is 4.90 Å². The number of nitrogens with zero attached hydrogens (tertiary/aromatic N) is 1. The van der Waals surface area contributed by atoms with E-state index in [1.807, 2.05) is 0 Å². The van der Waals surface area contributed by atoms with E-state index < -0.39 is 5.82 Å². The number of aryl methyl sites for hydroxylation is 1. The largest absolute Gasteiger partial charge is 0.315 e. The molecule has 2 aromatic carbocycles. The molecule has 1 aliphatic heterocycles. The van der Waals surface area contributed by atoms with Crippen molar-refractivity contribution in [3.63, 3.8) is 0 Å². The van der Waals surface area contributed by atoms with Gasteiger partial charge in [-0.2, -0.15) is 0 Å². The summed E-state index contributed by atoms with van der Waals surface area (Å²) in [7, 11) is 1.71. The second-order valence-electron chi connectivity index (χ2n) is 5.27. The maximum atomic E-state index is 13.6. The highest BCUT2D eigenvalue weighted by molar-refractivity contribution is 6.10. The number of benzene rings is 2. The van der Waals surface area contributed by atoms with Crippen molar-refractivity contribution in [2.45, 2.75) is 13.3 Å². The monoisotopic (exact) mass is 283 g/mol. The molecule has 0 saturated carbocycles. The van der Waals surface area contributed by atoms with Gasteiger partial charge in [-0.1, -0.05) is 12.1 Å². The minimum Gasteiger partial charge on any atom is -0.315 e. The fraction of sp³-hybridized carbons (Fsp3) is 0.176. The van der Waals surface area contributed by atoms with Gasteiger partial charge in [-0.15, -0.1) is 0 Å². The molecule has 0 fully saturated rings. The lowest BCUT2D eigenvalue weighted by Gasteiger charge is -2.10. The first kappa shape index (κ1) is 13.5. The number of carbonyl (C=O) groups is 2. The van der Waals surface area contributed by atoms with E-state index in [4.69, 9.17) is 0 Å². The van der Waals surface area contributed by atoms with Crippen LogP contribution in [0.25, 0.3) is 0 Å². The predicted octanol–water partition coefficient (Wildman–Crippen LogP) is 2.88. The maximum absolute atomic E-state index is 13.6. The summed E-state index contributed by atoms with van der Waals surface area (Å²) in [6.45, 7) is 1.65. The van der Waals surface area contributed by atoms with Crippen molar-refractivity contribution in [3.8, 4) is 0 Å². The predicted molar refractivity (Wildman–Crippen MR) is 78.1 cm³/mol. The number of carbonyl (C=O) groups excluding carboxylic acids is 2. The molecule has 0 spiro atoms. The average molecular weight is 283 g/mol. The Kier molecular flexibility index (Phi) is 3.09. The number of ketones is 1. The third-order valence-electron chi connectivity index (χ3n) is 3.85. The Morgan fingerprint density at radius 1 is 1.14 bits per heavy atom. The SMILES string of the molecule is Cc1ccc(C(=O)c2ccc3c(c2)CC(=O)N3C)cc1F. The van der Waals surface area contributed by atoms with E-state index in [0.29, 0.717) is 23.1 Å². The summed E-state index contributed by atoms with van der Waals surface area (Å²) in [6, 6.07) is 9.61. The van der Waals surface area contributed by atoms with Gasteiger partial charge in [0.2, 0.25) is 5.91 Å². The van der Waals surface area contributed by atoms with E-state index in [9.17, 15) is 14.0 Å². The Balaban J connectivity index is 1.98. The van der Waals surface area contributed by atoms with E-state index in [0.717, 1.165) is 11.3 Å². The van der Waals surface area contributed by atoms with Crippen LogP contribution in [0, 0.1) is 12.7 Å². The molecule has 1 aliphatic rings. The quantitative estimate of drug-likeness (QED) is 0.795. The maximum Gasteiger partial charge on any atom is 0.231 e. The normalized spacial score (nSPS) is 13.5. The van der Waals surface area contributed by atoms with E-state index in [1.165, 1.54) is 6.07 Å². The van der Waals surface area contributed by atoms with Crippen LogP contribution in [0.5, 0.6) is 0 Å². The first-order chi connectivity index (χ1) is 9.97. The summed E-state index contributed by atoms with van der Waals surface area (Å²) in [5.41, 5.74) is 2.95. The van der Waals surface area contributed by atoms with Gasteiger partial charge in [0.1, 0.15) is 5.82 Å². The second-order valence-corrected chi connectivity index (χ2v) is 5.27. The lowest BCUT2D eigenvalue weighted by molar-refractivity contribution is -0.117. The fourth-order valence-corrected chi connectivity index (χ4v) is 2.51. The number of amides is 1. The van der Waals surface area contributed by atoms with Crippen LogP contribution in [0.3, 0.4) is 0 Å². The van der Waals surface area contributed by atoms with Crippen molar-refractivity contribution < 1.29 is 14.0 Å². The number of fused-ring (bicyclic) bond motifs is 1. The number of halogens is 1. The van der Waals surface area contributed by atoms with Gasteiger partial charge >= 0.3 is 0 Å². The molecule has 21 heavy (non-hydrogen) atoms. The van der Waals surface area contributed by atoms with Crippen LogP contribution >= 0.6 is 0 Å². The summed E-state index contributed by atoms with van der Waals surface area (Å²) in [6.07, 6.45) is 0.301. The molecule has 0 saturated heterocycles. The molecule has 4 heteroatoms. The minimum atomic E-state index is -0.392. The zero-order valence-corrected chi connectivity index (χ0v) is 11.8. The fourth-order valence-electron chi connectivity index (χ4n) is 2.51. The number of hydrogen-bond donors (Lipinski definition) is 0. The first-order valence-corrected chi connectivity index (χ1v) is 6.67. The molecule has 0 unspecified atom stereocenters. The summed E-state index contributed by atoms with van der Waals surface area (Å²) >= 11 is 0. The molecule has 0 radical (unpaired) electrons. The third kappa shape index (κ3) is 2.23. The molecule has 0 aromatic heterocycles. The van der Waals surface area contributed by atoms with Gasteiger partial charge in [0.15, 0.2) is 5.78 Å². The van der Waals surface area contributed by atoms with Gasteiger partial charge in [-0.3, -0.25) is 9.59 Å². The molecule has 0 N–H and O–H groups in total. The molecule has 2 aromatic rings. The van der Waals surface area contributed by atoms with Crippen LogP contribution in [0.4, 0.5) is 10.1 Å². The van der Waals surface area contributed by atoms with Crippen molar-refractivity contribution in [2.24, 2.45) is 0 Å². The van der Waals surface area contributed by atoms with Gasteiger partial charge < -0.3 is 4.90 Å². The van der Waals surface area contributed by atoms with Crippen LogP contribution in [-0.2, 0) is 11.2 Å². The highest BCUT2D eigenvalue weighted by Crippen LogP contribution is 2.29. The number of likely N-dealkylation sites (N-methyl/N-ethyl adjacent to an activating group) is 1. The highest BCUT2D eigenvalue weighted by atomic mass is 19.1. The van der Waals surface area contributed by atoms with Crippen LogP contribution in [-0.4, -0.2) is 18.7 Å². The number of hydrogen-bond acceptors (Lipinski definition) is 2. The van der Waals surface area contributed by atoms with E-state index in [-0.39, 0.29) is 11.7 Å². The van der Waals surface area contributed by atoms with Crippen LogP contribution in [0.15, 0.2) is 36.4 Å². The van der Waals surface area contributed by atoms with Gasteiger partial charge in [0.05, 0.1) is 6.42 Å². The zero-order chi connectivity index (χ0) is 15.1. The van der Waals surface area contributed by atoms with Crippen molar-refractivity contribution >= 4 is 17.4 Å². The van der Waals surface area contributed by atoms with Gasteiger partial charge in [0, 0.05) is 23.9 Å². The van der Waals surface area contributed by atoms with Gasteiger partial charge in [-0.05, 0) is 42.3 Å². The zero-order valence-electron chi connectivity index (χ0n) is 11.8. The Morgan fingerprint density at radius 2 is 1.81 bits per heavy atom. The molecule has 1 heterocycles. The van der Waals surface area contributed by atoms with Crippen LogP contribution in [0.2, 0.25) is 0 Å². The van der Waals surface area contributed by atoms with E-state index in [2.05, 4.69) is 0 Å². The molecule has 3 nitrogen and oxygen atoms in total. The lowest BCUT2D eigenvalue weighted by atomic mass is 9.99. The summed E-state index contributed by atoms with van der Waals surface area (Å²) < 4.78 is 13.6. The Labute approximate surface area is 122 Å². The Bertz CT molecular complexity index is 767. The minimum absolute atomic E-state index is 0.0102. The molecule has 3 rings (SSSR count). The summed E-state index contributed by atoms with van der Waals surface area (Å²) in [4.78, 5) is 25.6. The molecular formula is C17H14FNO2. The standard InChI is InChI=1S/C17H14FNO2/c1-10-3-4-12(8-14(10)18)17(21)11-5-6-15-13(7-11)9-16(20)19(15)2/h3-8H,9H2,1-2H3. The van der Waals surface area contributed by atoms with Crippen molar-refractivity contribution in [3.05, 3.63) is 64.5 Å². The Hall–Kier alpha value is -2.49. The van der Waals surface area contributed by atoms with E-state index in [1.54, 1.807) is 49.2 Å². The molecule has 1 amide bonds. The van der Waals surface area contributed by atoms with Crippen molar-refractivity contribution in [1.82, 2.24) is 0 Å². The van der Waals surface area contributed by atoms with Crippen molar-refractivity contribution in [2.75, 3.05) is 11.9 Å². The highest BCUT2D eigenvalue weighted by Gasteiger charge is 2.25. The molecular weight excluding hydrogens is 269 g/mol. The molecule has 106 valence electrons. The number of rotatable bonds is 2. The van der Waals surface area contributed by atoms with Gasteiger partial charge in [-0.25, -0.2) is 4.39 Å². The first-order valence-electron chi connectivity index (χ1n) is 6.67. The van der Waals surface area contributed by atoms with Gasteiger partial charge in [0.25, 0.3) is 0 Å². The smallest absolute Gasteiger partial charge is 0.231 e. The average Bonchev–Trinajstić information content (AvgIpc) is 2.76. The third-order valence-corrected chi connectivity index (χ3v) is 3.85. The number of anilines is 1. The molecule has 0 aliphatic carbocycles. The van der Waals surface area contributed by atoms with E-state index >= 15 is 0 Å². The summed E-state index contributed by atoms with van der Waals surface area (Å²) in [5.74, 6) is -0.619. The lowest BCUT2D eigenvalue weighted by Crippen LogP contribution is -2.20. The van der Waals surface area contributed by atoms with Crippen LogP contribution in [0.1, 0.15) is 27.0 Å². The Morgan fingerprint density at radius 3 is 2.52 bits per heavy atom. The molecule has 0 bridgehead atoms. The van der Waals surface area contributed by atoms with Crippen molar-refractivity contribution in [1.29, 1.82) is 0 Å². The second kappa shape index (κ2) is 4.81. The topological polar surface area (TPSA) is 37.4 Å². The summed E-state index contributed by atoms with van der Waals surface area (Å²) in [5, 5.41) is 0.